The number of amides is 1. The molecule has 1 aromatic heterocycles. The van der Waals surface area contributed by atoms with Gasteiger partial charge in [0.25, 0.3) is 11.6 Å². The number of aryl methyl sites for hydroxylation is 2. The van der Waals surface area contributed by atoms with Crippen LogP contribution in [0.2, 0.25) is 0 Å². The van der Waals surface area contributed by atoms with Gasteiger partial charge >= 0.3 is 5.97 Å². The number of carbonyl (C=O) groups excluding carboxylic acids is 2. The molecule has 0 atom stereocenters. The smallest absolute Gasteiger partial charge is 0.310 e. The van der Waals surface area contributed by atoms with Crippen LogP contribution in [0, 0.1) is 24.0 Å². The highest BCUT2D eigenvalue weighted by molar-refractivity contribution is 9.11. The number of non-ortho nitro benzene ring substituents is 1. The Balaban J connectivity index is 1.95. The molecule has 2 rings (SSSR count). The number of esters is 1. The second kappa shape index (κ2) is 8.41. The summed E-state index contributed by atoms with van der Waals surface area (Å²) in [6.45, 7) is 2.88. The molecule has 1 N–H and O–H groups in total. The van der Waals surface area contributed by atoms with Crippen molar-refractivity contribution in [2.75, 3.05) is 11.9 Å². The van der Waals surface area contributed by atoms with Gasteiger partial charge in [-0.1, -0.05) is 5.16 Å². The van der Waals surface area contributed by atoms with Gasteiger partial charge in [-0.25, -0.2) is 0 Å². The van der Waals surface area contributed by atoms with Gasteiger partial charge < -0.3 is 14.6 Å². The second-order valence-corrected chi connectivity index (χ2v) is 6.94. The molecule has 138 valence electrons. The predicted molar refractivity (Wildman–Crippen MR) is 97.8 cm³/mol. The fourth-order valence-electron chi connectivity index (χ4n) is 2.06. The predicted octanol–water partition coefficient (Wildman–Crippen LogP) is 3.45. The summed E-state index contributed by atoms with van der Waals surface area (Å²) in [5.41, 5.74) is 1.36. The summed E-state index contributed by atoms with van der Waals surface area (Å²) in [6.07, 6.45) is -0.0562. The quantitative estimate of drug-likeness (QED) is 0.373. The van der Waals surface area contributed by atoms with E-state index in [1.165, 1.54) is 12.1 Å². The number of benzene rings is 1. The molecule has 0 saturated carbocycles. The summed E-state index contributed by atoms with van der Waals surface area (Å²) in [5.74, 6) is -0.675. The van der Waals surface area contributed by atoms with Crippen LogP contribution < -0.4 is 5.32 Å². The average Bonchev–Trinajstić information content (AvgIpc) is 2.88. The first-order chi connectivity index (χ1) is 12.2. The number of anilines is 1. The van der Waals surface area contributed by atoms with Crippen molar-refractivity contribution in [3.05, 3.63) is 48.2 Å². The van der Waals surface area contributed by atoms with Crippen molar-refractivity contribution >= 4 is 55.1 Å². The zero-order chi connectivity index (χ0) is 19.4. The van der Waals surface area contributed by atoms with Crippen LogP contribution in [-0.4, -0.2) is 28.6 Å². The number of halogens is 2. The third-order valence-corrected chi connectivity index (χ3v) is 4.62. The lowest BCUT2D eigenvalue weighted by Gasteiger charge is -2.10. The van der Waals surface area contributed by atoms with Gasteiger partial charge in [0.05, 0.1) is 22.7 Å². The maximum Gasteiger partial charge on any atom is 0.310 e. The number of nitro groups is 1. The third-order valence-electron chi connectivity index (χ3n) is 3.37. The van der Waals surface area contributed by atoms with Gasteiger partial charge in [0.15, 0.2) is 6.61 Å². The van der Waals surface area contributed by atoms with Gasteiger partial charge in [-0.05, 0) is 45.7 Å². The van der Waals surface area contributed by atoms with Crippen molar-refractivity contribution in [3.63, 3.8) is 0 Å². The van der Waals surface area contributed by atoms with E-state index in [1.807, 2.05) is 0 Å². The Morgan fingerprint density at radius 3 is 2.42 bits per heavy atom. The average molecular weight is 491 g/mol. The number of ether oxygens (including phenoxy) is 1. The summed E-state index contributed by atoms with van der Waals surface area (Å²) < 4.78 is 10.5. The van der Waals surface area contributed by atoms with Gasteiger partial charge in [0.1, 0.15) is 5.76 Å². The highest BCUT2D eigenvalue weighted by atomic mass is 79.9. The minimum absolute atomic E-state index is 0.0562. The van der Waals surface area contributed by atoms with Gasteiger partial charge in [-0.15, -0.1) is 0 Å². The molecule has 0 bridgehead atoms. The Kier molecular flexibility index (Phi) is 6.48. The first-order valence-electron chi connectivity index (χ1n) is 7.19. The van der Waals surface area contributed by atoms with Crippen LogP contribution in [0.15, 0.2) is 25.6 Å². The van der Waals surface area contributed by atoms with Crippen molar-refractivity contribution in [1.29, 1.82) is 0 Å². The molecule has 0 radical (unpaired) electrons. The Hall–Kier alpha value is -2.27. The van der Waals surface area contributed by atoms with Crippen LogP contribution in [0.3, 0.4) is 0 Å². The lowest BCUT2D eigenvalue weighted by atomic mass is 10.1. The standard InChI is InChI=1S/C15H13Br2N3O6/c1-7-10(8(2)26-19-7)5-14(22)25-6-13(21)18-15-11(16)3-9(20(23)24)4-12(15)17/h3-4H,5-6H2,1-2H3,(H,18,21). The molecule has 0 saturated heterocycles. The van der Waals surface area contributed by atoms with E-state index in [1.54, 1.807) is 13.8 Å². The summed E-state index contributed by atoms with van der Waals surface area (Å²) in [7, 11) is 0. The molecule has 0 aliphatic heterocycles. The maximum absolute atomic E-state index is 12.0. The molecule has 11 heteroatoms. The zero-order valence-electron chi connectivity index (χ0n) is 13.7. The van der Waals surface area contributed by atoms with E-state index in [-0.39, 0.29) is 12.1 Å². The highest BCUT2D eigenvalue weighted by Crippen LogP contribution is 2.35. The van der Waals surface area contributed by atoms with Crippen molar-refractivity contribution in [2.24, 2.45) is 0 Å². The minimum Gasteiger partial charge on any atom is -0.455 e. The molecule has 26 heavy (non-hydrogen) atoms. The largest absolute Gasteiger partial charge is 0.455 e. The monoisotopic (exact) mass is 489 g/mol. The SMILES string of the molecule is Cc1noc(C)c1CC(=O)OCC(=O)Nc1c(Br)cc([N+](=O)[O-])cc1Br. The van der Waals surface area contributed by atoms with E-state index in [0.717, 1.165) is 0 Å². The number of rotatable bonds is 6. The van der Waals surface area contributed by atoms with Gasteiger partial charge in [0.2, 0.25) is 0 Å². The van der Waals surface area contributed by atoms with Crippen molar-refractivity contribution in [3.8, 4) is 0 Å². The van der Waals surface area contributed by atoms with Gasteiger partial charge in [-0.3, -0.25) is 19.7 Å². The van der Waals surface area contributed by atoms with Crippen molar-refractivity contribution < 1.29 is 23.8 Å². The molecule has 1 aromatic carbocycles. The summed E-state index contributed by atoms with van der Waals surface area (Å²) >= 11 is 6.31. The number of nitrogens with one attached hydrogen (secondary N) is 1. The minimum atomic E-state index is -0.601. The van der Waals surface area contributed by atoms with E-state index in [4.69, 9.17) is 9.26 Å². The zero-order valence-corrected chi connectivity index (χ0v) is 16.8. The Labute approximate surface area is 164 Å². The molecule has 9 nitrogen and oxygen atoms in total. The second-order valence-electron chi connectivity index (χ2n) is 5.23. The molecule has 0 spiro atoms. The van der Waals surface area contributed by atoms with E-state index < -0.39 is 23.4 Å². The third kappa shape index (κ3) is 4.88. The highest BCUT2D eigenvalue weighted by Gasteiger charge is 2.18. The van der Waals surface area contributed by atoms with Crippen molar-refractivity contribution in [2.45, 2.75) is 20.3 Å². The van der Waals surface area contributed by atoms with E-state index in [0.29, 0.717) is 31.7 Å². The van der Waals surface area contributed by atoms with Crippen LogP contribution in [-0.2, 0) is 20.7 Å². The normalized spacial score (nSPS) is 10.5. The molecule has 0 fully saturated rings. The van der Waals surface area contributed by atoms with Crippen LogP contribution in [0.4, 0.5) is 11.4 Å². The molecule has 2 aromatic rings. The number of hydrogen-bond acceptors (Lipinski definition) is 7. The Bertz CT molecular complexity index is 838. The molecular weight excluding hydrogens is 478 g/mol. The fraction of sp³-hybridized carbons (Fsp3) is 0.267. The van der Waals surface area contributed by atoms with Crippen LogP contribution in [0.1, 0.15) is 17.0 Å². The lowest BCUT2D eigenvalue weighted by molar-refractivity contribution is -0.385. The molecule has 1 amide bonds. The molecule has 0 aliphatic rings. The van der Waals surface area contributed by atoms with Crippen LogP contribution in [0.25, 0.3) is 0 Å². The van der Waals surface area contributed by atoms with Crippen LogP contribution >= 0.6 is 31.9 Å². The van der Waals surface area contributed by atoms with Gasteiger partial charge in [-0.2, -0.15) is 0 Å². The van der Waals surface area contributed by atoms with Crippen LogP contribution in [0.5, 0.6) is 0 Å². The lowest BCUT2D eigenvalue weighted by Crippen LogP contribution is -2.22. The summed E-state index contributed by atoms with van der Waals surface area (Å²) in [4.78, 5) is 34.1. The molecule has 1 heterocycles. The van der Waals surface area contributed by atoms with Crippen molar-refractivity contribution in [1.82, 2.24) is 5.16 Å². The number of nitro benzene ring substituents is 1. The maximum atomic E-state index is 12.0. The molecular formula is C15H13Br2N3O6. The summed E-state index contributed by atoms with van der Waals surface area (Å²) in [5, 5.41) is 17.1. The topological polar surface area (TPSA) is 125 Å². The number of carbonyl (C=O) groups is 2. The number of nitrogens with zero attached hydrogens (tertiary/aromatic N) is 2. The number of hydrogen-bond donors (Lipinski definition) is 1. The molecule has 0 aliphatic carbocycles. The fourth-order valence-corrected chi connectivity index (χ4v) is 3.42. The Morgan fingerprint density at radius 1 is 1.31 bits per heavy atom. The number of aromatic nitrogens is 1. The summed E-state index contributed by atoms with van der Waals surface area (Å²) in [6, 6.07) is 2.51. The van der Waals surface area contributed by atoms with E-state index in [9.17, 15) is 19.7 Å². The Morgan fingerprint density at radius 2 is 1.92 bits per heavy atom. The molecule has 0 unspecified atom stereocenters. The first kappa shape index (κ1) is 20.0. The van der Waals surface area contributed by atoms with E-state index >= 15 is 0 Å². The van der Waals surface area contributed by atoms with Gasteiger partial charge in [0, 0.05) is 26.6 Å². The first-order valence-corrected chi connectivity index (χ1v) is 8.78. The van der Waals surface area contributed by atoms with E-state index in [2.05, 4.69) is 42.3 Å².